The molecule has 0 amide bonds. The van der Waals surface area contributed by atoms with Crippen molar-refractivity contribution < 1.29 is 0 Å². The number of benzene rings is 1. The molecule has 0 spiro atoms. The minimum absolute atomic E-state index is 0.355. The van der Waals surface area contributed by atoms with Gasteiger partial charge in [0.25, 0.3) is 0 Å². The second-order valence-electron chi connectivity index (χ2n) is 4.96. The summed E-state index contributed by atoms with van der Waals surface area (Å²) < 4.78 is 0. The van der Waals surface area contributed by atoms with E-state index in [1.165, 1.54) is 11.1 Å². The van der Waals surface area contributed by atoms with Gasteiger partial charge in [-0.2, -0.15) is 0 Å². The summed E-state index contributed by atoms with van der Waals surface area (Å²) >= 11 is 0. The number of hydrogen-bond donors (Lipinski definition) is 1. The Morgan fingerprint density at radius 2 is 1.94 bits per heavy atom. The third-order valence-corrected chi connectivity index (χ3v) is 3.64. The van der Waals surface area contributed by atoms with Gasteiger partial charge in [-0.05, 0) is 23.5 Å². The molecule has 1 aliphatic rings. The third-order valence-electron chi connectivity index (χ3n) is 3.64. The SMILES string of the molecule is CCc1ccccc1CN1CC(C)C(N)C1. The lowest BCUT2D eigenvalue weighted by molar-refractivity contribution is 0.318. The molecule has 2 N–H and O–H groups in total. The first kappa shape index (κ1) is 11.6. The Kier molecular flexibility index (Phi) is 3.62. The summed E-state index contributed by atoms with van der Waals surface area (Å²) in [7, 11) is 0. The van der Waals surface area contributed by atoms with Gasteiger partial charge in [-0.15, -0.1) is 0 Å². The van der Waals surface area contributed by atoms with E-state index in [0.29, 0.717) is 12.0 Å². The molecule has 0 radical (unpaired) electrons. The summed E-state index contributed by atoms with van der Waals surface area (Å²) in [4.78, 5) is 2.48. The monoisotopic (exact) mass is 218 g/mol. The van der Waals surface area contributed by atoms with Crippen LogP contribution in [0.15, 0.2) is 24.3 Å². The fourth-order valence-electron chi connectivity index (χ4n) is 2.52. The van der Waals surface area contributed by atoms with Gasteiger partial charge in [0, 0.05) is 25.7 Å². The Morgan fingerprint density at radius 1 is 1.25 bits per heavy atom. The zero-order chi connectivity index (χ0) is 11.5. The van der Waals surface area contributed by atoms with Crippen molar-refractivity contribution in [3.05, 3.63) is 35.4 Å². The van der Waals surface area contributed by atoms with Crippen LogP contribution in [0.5, 0.6) is 0 Å². The van der Waals surface area contributed by atoms with Crippen molar-refractivity contribution in [1.82, 2.24) is 4.90 Å². The van der Waals surface area contributed by atoms with Crippen LogP contribution in [0, 0.1) is 5.92 Å². The fourth-order valence-corrected chi connectivity index (χ4v) is 2.52. The van der Waals surface area contributed by atoms with Gasteiger partial charge in [-0.25, -0.2) is 0 Å². The molecule has 1 aromatic carbocycles. The van der Waals surface area contributed by atoms with Crippen LogP contribution in [0.25, 0.3) is 0 Å². The standard InChI is InChI=1S/C14H22N2/c1-3-12-6-4-5-7-13(12)9-16-8-11(2)14(15)10-16/h4-7,11,14H,3,8-10,15H2,1-2H3. The predicted octanol–water partition coefficient (Wildman–Crippen LogP) is 2.03. The molecular weight excluding hydrogens is 196 g/mol. The molecule has 2 unspecified atom stereocenters. The normalized spacial score (nSPS) is 26.2. The molecular formula is C14H22N2. The predicted molar refractivity (Wildman–Crippen MR) is 68.2 cm³/mol. The molecule has 0 aromatic heterocycles. The number of rotatable bonds is 3. The third kappa shape index (κ3) is 2.45. The van der Waals surface area contributed by atoms with Gasteiger partial charge in [0.1, 0.15) is 0 Å². The molecule has 16 heavy (non-hydrogen) atoms. The van der Waals surface area contributed by atoms with Crippen LogP contribution in [-0.4, -0.2) is 24.0 Å². The molecule has 0 saturated carbocycles. The van der Waals surface area contributed by atoms with Gasteiger partial charge in [-0.1, -0.05) is 38.1 Å². The van der Waals surface area contributed by atoms with Crippen molar-refractivity contribution in [2.45, 2.75) is 32.9 Å². The van der Waals surface area contributed by atoms with E-state index in [9.17, 15) is 0 Å². The number of hydrogen-bond acceptors (Lipinski definition) is 2. The summed E-state index contributed by atoms with van der Waals surface area (Å²) in [5.74, 6) is 0.633. The summed E-state index contributed by atoms with van der Waals surface area (Å²) in [6.07, 6.45) is 1.12. The topological polar surface area (TPSA) is 29.3 Å². The molecule has 2 heteroatoms. The summed E-state index contributed by atoms with van der Waals surface area (Å²) in [6, 6.07) is 9.09. The quantitative estimate of drug-likeness (QED) is 0.841. The first-order valence-corrected chi connectivity index (χ1v) is 6.25. The van der Waals surface area contributed by atoms with Crippen LogP contribution in [0.1, 0.15) is 25.0 Å². The Labute approximate surface area is 98.4 Å². The Hall–Kier alpha value is -0.860. The van der Waals surface area contributed by atoms with E-state index in [4.69, 9.17) is 5.73 Å². The average Bonchev–Trinajstić information content (AvgIpc) is 2.59. The molecule has 0 bridgehead atoms. The molecule has 1 saturated heterocycles. The van der Waals surface area contributed by atoms with Crippen molar-refractivity contribution in [2.75, 3.05) is 13.1 Å². The molecule has 88 valence electrons. The molecule has 2 rings (SSSR count). The Balaban J connectivity index is 2.04. The maximum absolute atomic E-state index is 6.05. The lowest BCUT2D eigenvalue weighted by Gasteiger charge is -2.17. The van der Waals surface area contributed by atoms with Crippen molar-refractivity contribution >= 4 is 0 Å². The highest BCUT2D eigenvalue weighted by Crippen LogP contribution is 2.19. The average molecular weight is 218 g/mol. The summed E-state index contributed by atoms with van der Waals surface area (Å²) in [6.45, 7) is 7.70. The van der Waals surface area contributed by atoms with Gasteiger partial charge in [0.15, 0.2) is 0 Å². The van der Waals surface area contributed by atoms with Crippen molar-refractivity contribution in [3.8, 4) is 0 Å². The lowest BCUT2D eigenvalue weighted by atomic mass is 10.1. The smallest absolute Gasteiger partial charge is 0.0237 e. The Bertz CT molecular complexity index is 338. The second-order valence-corrected chi connectivity index (χ2v) is 4.96. The molecule has 1 fully saturated rings. The van der Waals surface area contributed by atoms with E-state index in [-0.39, 0.29) is 0 Å². The number of nitrogens with zero attached hydrogens (tertiary/aromatic N) is 1. The van der Waals surface area contributed by atoms with E-state index in [1.54, 1.807) is 0 Å². The van der Waals surface area contributed by atoms with E-state index in [1.807, 2.05) is 0 Å². The molecule has 1 heterocycles. The summed E-state index contributed by atoms with van der Waals surface area (Å²) in [5.41, 5.74) is 8.98. The molecule has 0 aliphatic carbocycles. The van der Waals surface area contributed by atoms with E-state index in [0.717, 1.165) is 26.1 Å². The van der Waals surface area contributed by atoms with Gasteiger partial charge in [0.05, 0.1) is 0 Å². The van der Waals surface area contributed by atoms with E-state index < -0.39 is 0 Å². The molecule has 2 atom stereocenters. The van der Waals surface area contributed by atoms with Gasteiger partial charge < -0.3 is 5.73 Å². The number of nitrogens with two attached hydrogens (primary N) is 1. The van der Waals surface area contributed by atoms with Crippen LogP contribution in [0.4, 0.5) is 0 Å². The van der Waals surface area contributed by atoms with Crippen molar-refractivity contribution in [2.24, 2.45) is 11.7 Å². The molecule has 2 nitrogen and oxygen atoms in total. The molecule has 1 aliphatic heterocycles. The maximum atomic E-state index is 6.05. The van der Waals surface area contributed by atoms with Gasteiger partial charge in [-0.3, -0.25) is 4.90 Å². The summed E-state index contributed by atoms with van der Waals surface area (Å²) in [5, 5.41) is 0. The second kappa shape index (κ2) is 4.98. The minimum atomic E-state index is 0.355. The highest BCUT2D eigenvalue weighted by molar-refractivity contribution is 5.27. The first-order chi connectivity index (χ1) is 7.70. The van der Waals surface area contributed by atoms with Crippen molar-refractivity contribution in [1.29, 1.82) is 0 Å². The lowest BCUT2D eigenvalue weighted by Crippen LogP contribution is -2.28. The van der Waals surface area contributed by atoms with Crippen LogP contribution in [0.2, 0.25) is 0 Å². The maximum Gasteiger partial charge on any atom is 0.0237 e. The van der Waals surface area contributed by atoms with Crippen molar-refractivity contribution in [3.63, 3.8) is 0 Å². The fraction of sp³-hybridized carbons (Fsp3) is 0.571. The minimum Gasteiger partial charge on any atom is -0.326 e. The zero-order valence-corrected chi connectivity index (χ0v) is 10.3. The van der Waals surface area contributed by atoms with Crippen LogP contribution in [-0.2, 0) is 13.0 Å². The van der Waals surface area contributed by atoms with Crippen LogP contribution < -0.4 is 5.73 Å². The van der Waals surface area contributed by atoms with Gasteiger partial charge >= 0.3 is 0 Å². The van der Waals surface area contributed by atoms with Crippen LogP contribution in [0.3, 0.4) is 0 Å². The first-order valence-electron chi connectivity index (χ1n) is 6.25. The van der Waals surface area contributed by atoms with E-state index in [2.05, 4.69) is 43.0 Å². The Morgan fingerprint density at radius 3 is 2.50 bits per heavy atom. The number of aryl methyl sites for hydroxylation is 1. The van der Waals surface area contributed by atoms with Gasteiger partial charge in [0.2, 0.25) is 0 Å². The van der Waals surface area contributed by atoms with Crippen LogP contribution >= 0.6 is 0 Å². The number of likely N-dealkylation sites (tertiary alicyclic amines) is 1. The van der Waals surface area contributed by atoms with E-state index >= 15 is 0 Å². The zero-order valence-electron chi connectivity index (χ0n) is 10.3. The largest absolute Gasteiger partial charge is 0.326 e. The highest BCUT2D eigenvalue weighted by Gasteiger charge is 2.26. The highest BCUT2D eigenvalue weighted by atomic mass is 15.2. The molecule has 1 aromatic rings.